The van der Waals surface area contributed by atoms with E-state index in [1.54, 1.807) is 36.4 Å². The molecule has 1 atom stereocenters. The smallest absolute Gasteiger partial charge is 0.258 e. The molecule has 2 aromatic carbocycles. The van der Waals surface area contributed by atoms with Crippen LogP contribution in [0.5, 0.6) is 0 Å². The van der Waals surface area contributed by atoms with Gasteiger partial charge >= 0.3 is 0 Å². The van der Waals surface area contributed by atoms with Gasteiger partial charge in [-0.05, 0) is 48.5 Å². The van der Waals surface area contributed by atoms with E-state index < -0.39 is 15.9 Å². The second kappa shape index (κ2) is 6.82. The van der Waals surface area contributed by atoms with E-state index in [-0.39, 0.29) is 11.7 Å². The fourth-order valence-corrected chi connectivity index (χ4v) is 4.47. The molecule has 124 valence electrons. The Hall–Kier alpha value is -1.44. The molecule has 0 N–H and O–H groups in total. The van der Waals surface area contributed by atoms with Crippen LogP contribution in [0.1, 0.15) is 10.4 Å². The highest BCUT2D eigenvalue weighted by atomic mass is 79.9. The van der Waals surface area contributed by atoms with Gasteiger partial charge in [0.25, 0.3) is 5.91 Å². The van der Waals surface area contributed by atoms with Crippen molar-refractivity contribution in [2.75, 3.05) is 10.7 Å². The van der Waals surface area contributed by atoms with Gasteiger partial charge in [0.2, 0.25) is 0 Å². The first-order valence-electron chi connectivity index (χ1n) is 7.11. The Bertz CT molecular complexity index is 908. The number of nitrogens with zero attached hydrogens (tertiary/aromatic N) is 1. The Balaban J connectivity index is 2.03. The fourth-order valence-electron chi connectivity index (χ4n) is 2.54. The van der Waals surface area contributed by atoms with Crippen LogP contribution in [0, 0.1) is 0 Å². The number of sulfone groups is 1. The molecule has 3 rings (SSSR count). The van der Waals surface area contributed by atoms with Gasteiger partial charge in [0.05, 0.1) is 11.8 Å². The molecule has 24 heavy (non-hydrogen) atoms. The number of halogens is 2. The molecule has 0 aliphatic carbocycles. The molecule has 0 fully saturated rings. The molecule has 1 aliphatic heterocycles. The minimum Gasteiger partial charge on any atom is -0.300 e. The molecule has 0 aromatic heterocycles. The molecule has 1 heterocycles. The van der Waals surface area contributed by atoms with E-state index >= 15 is 0 Å². The Kier molecular flexibility index (Phi) is 4.94. The molecule has 0 radical (unpaired) electrons. The van der Waals surface area contributed by atoms with Gasteiger partial charge in [-0.3, -0.25) is 4.79 Å². The number of benzene rings is 2. The number of rotatable bonds is 3. The average molecular weight is 471 g/mol. The maximum absolute atomic E-state index is 13.0. The molecule has 2 aromatic rings. The summed E-state index contributed by atoms with van der Waals surface area (Å²) in [6.07, 6.45) is 1.56. The van der Waals surface area contributed by atoms with Crippen molar-refractivity contribution in [3.63, 3.8) is 0 Å². The van der Waals surface area contributed by atoms with Crippen molar-refractivity contribution in [2.24, 2.45) is 0 Å². The zero-order valence-electron chi connectivity index (χ0n) is 12.4. The third-order valence-electron chi connectivity index (χ3n) is 3.64. The molecule has 1 unspecified atom stereocenters. The lowest BCUT2D eigenvalue weighted by atomic mass is 10.1. The van der Waals surface area contributed by atoms with Crippen molar-refractivity contribution < 1.29 is 13.2 Å². The lowest BCUT2D eigenvalue weighted by Crippen LogP contribution is -2.41. The van der Waals surface area contributed by atoms with E-state index in [2.05, 4.69) is 31.9 Å². The first-order chi connectivity index (χ1) is 11.4. The SMILES string of the molecule is O=C(c1cccc(Br)c1)N(c1ccc(Br)cc1)C1C=CS(=O)(=O)C1. The van der Waals surface area contributed by atoms with Crippen LogP contribution >= 0.6 is 31.9 Å². The molecule has 4 nitrogen and oxygen atoms in total. The standard InChI is InChI=1S/C17H13Br2NO3S/c18-13-4-6-15(7-5-13)20(16-8-9-24(22,23)11-16)17(21)12-2-1-3-14(19)10-12/h1-10,16H,11H2. The van der Waals surface area contributed by atoms with E-state index in [0.717, 1.165) is 8.95 Å². The van der Waals surface area contributed by atoms with E-state index in [0.29, 0.717) is 11.3 Å². The summed E-state index contributed by atoms with van der Waals surface area (Å²) in [6, 6.07) is 13.7. The second-order valence-corrected chi connectivity index (χ2v) is 9.15. The lowest BCUT2D eigenvalue weighted by molar-refractivity contribution is 0.0983. The molecular formula is C17H13Br2NO3S. The monoisotopic (exact) mass is 469 g/mol. The number of anilines is 1. The van der Waals surface area contributed by atoms with Gasteiger partial charge in [-0.2, -0.15) is 0 Å². The van der Waals surface area contributed by atoms with Gasteiger partial charge in [0.1, 0.15) is 0 Å². The molecule has 0 spiro atoms. The molecule has 0 saturated carbocycles. The topological polar surface area (TPSA) is 54.5 Å². The largest absolute Gasteiger partial charge is 0.300 e. The number of carbonyl (C=O) groups is 1. The van der Waals surface area contributed by atoms with E-state index in [9.17, 15) is 13.2 Å². The van der Waals surface area contributed by atoms with Crippen molar-refractivity contribution in [3.8, 4) is 0 Å². The van der Waals surface area contributed by atoms with Crippen molar-refractivity contribution in [2.45, 2.75) is 6.04 Å². The van der Waals surface area contributed by atoms with Gasteiger partial charge in [-0.25, -0.2) is 8.42 Å². The summed E-state index contributed by atoms with van der Waals surface area (Å²) in [5.41, 5.74) is 1.14. The van der Waals surface area contributed by atoms with Crippen molar-refractivity contribution in [1.82, 2.24) is 0 Å². The maximum atomic E-state index is 13.0. The lowest BCUT2D eigenvalue weighted by Gasteiger charge is -2.28. The minimum absolute atomic E-state index is 0.108. The van der Waals surface area contributed by atoms with E-state index in [1.807, 2.05) is 18.2 Å². The highest BCUT2D eigenvalue weighted by molar-refractivity contribution is 9.10. The number of hydrogen-bond donors (Lipinski definition) is 0. The highest BCUT2D eigenvalue weighted by Gasteiger charge is 2.32. The van der Waals surface area contributed by atoms with Crippen LogP contribution in [0.15, 0.2) is 69.0 Å². The quantitative estimate of drug-likeness (QED) is 0.676. The Morgan fingerprint density at radius 1 is 1.04 bits per heavy atom. The molecule has 1 aliphatic rings. The predicted molar refractivity (Wildman–Crippen MR) is 102 cm³/mol. The van der Waals surface area contributed by atoms with Crippen LogP contribution in [0.4, 0.5) is 5.69 Å². The Morgan fingerprint density at radius 2 is 1.75 bits per heavy atom. The van der Waals surface area contributed by atoms with Crippen LogP contribution in [0.3, 0.4) is 0 Å². The van der Waals surface area contributed by atoms with E-state index in [4.69, 9.17) is 0 Å². The number of carbonyl (C=O) groups excluding carboxylic acids is 1. The van der Waals surface area contributed by atoms with Gasteiger partial charge in [0.15, 0.2) is 9.84 Å². The van der Waals surface area contributed by atoms with Crippen LogP contribution in [-0.2, 0) is 9.84 Å². The summed E-state index contributed by atoms with van der Waals surface area (Å²) in [7, 11) is -3.27. The second-order valence-electron chi connectivity index (χ2n) is 5.39. The van der Waals surface area contributed by atoms with Crippen LogP contribution in [0.2, 0.25) is 0 Å². The van der Waals surface area contributed by atoms with Crippen LogP contribution in [0.25, 0.3) is 0 Å². The van der Waals surface area contributed by atoms with Gasteiger partial charge < -0.3 is 4.90 Å². The molecule has 0 saturated heterocycles. The summed E-state index contributed by atoms with van der Waals surface area (Å²) in [6.45, 7) is 0. The molecule has 0 bridgehead atoms. The first-order valence-corrected chi connectivity index (χ1v) is 10.4. The third kappa shape index (κ3) is 3.79. The fraction of sp³-hybridized carbons (Fsp3) is 0.118. The van der Waals surface area contributed by atoms with Crippen molar-refractivity contribution >= 4 is 53.3 Å². The van der Waals surface area contributed by atoms with Gasteiger partial charge in [-0.15, -0.1) is 0 Å². The third-order valence-corrected chi connectivity index (χ3v) is 6.04. The number of hydrogen-bond acceptors (Lipinski definition) is 3. The van der Waals surface area contributed by atoms with Crippen molar-refractivity contribution in [3.05, 3.63) is 74.5 Å². The number of amides is 1. The minimum atomic E-state index is -3.27. The normalized spacial score (nSPS) is 18.5. The van der Waals surface area contributed by atoms with Crippen LogP contribution in [-0.4, -0.2) is 26.1 Å². The summed E-state index contributed by atoms with van der Waals surface area (Å²) >= 11 is 6.73. The summed E-state index contributed by atoms with van der Waals surface area (Å²) in [4.78, 5) is 14.6. The summed E-state index contributed by atoms with van der Waals surface area (Å²) < 4.78 is 25.3. The molecular weight excluding hydrogens is 458 g/mol. The average Bonchev–Trinajstić information content (AvgIpc) is 2.89. The molecule has 1 amide bonds. The molecule has 7 heteroatoms. The maximum Gasteiger partial charge on any atom is 0.258 e. The van der Waals surface area contributed by atoms with Gasteiger partial charge in [-0.1, -0.05) is 37.9 Å². The Labute approximate surface area is 157 Å². The zero-order valence-corrected chi connectivity index (χ0v) is 16.4. The predicted octanol–water partition coefficient (Wildman–Crippen LogP) is 4.17. The van der Waals surface area contributed by atoms with E-state index in [1.165, 1.54) is 10.3 Å². The van der Waals surface area contributed by atoms with Crippen LogP contribution < -0.4 is 4.90 Å². The highest BCUT2D eigenvalue weighted by Crippen LogP contribution is 2.27. The van der Waals surface area contributed by atoms with Gasteiger partial charge in [0, 0.05) is 25.6 Å². The Morgan fingerprint density at radius 3 is 2.33 bits per heavy atom. The van der Waals surface area contributed by atoms with Crippen molar-refractivity contribution in [1.29, 1.82) is 0 Å². The summed E-state index contributed by atoms with van der Waals surface area (Å²) in [5.74, 6) is -0.353. The zero-order chi connectivity index (χ0) is 17.3. The first kappa shape index (κ1) is 17.4. The summed E-state index contributed by atoms with van der Waals surface area (Å²) in [5, 5.41) is 1.18.